The molecule has 1 aliphatic heterocycles. The van der Waals surface area contributed by atoms with E-state index in [-0.39, 0.29) is 22.5 Å². The van der Waals surface area contributed by atoms with Gasteiger partial charge in [0.05, 0.1) is 16.2 Å². The van der Waals surface area contributed by atoms with Crippen molar-refractivity contribution in [1.29, 1.82) is 0 Å². The van der Waals surface area contributed by atoms with E-state index in [4.69, 9.17) is 0 Å². The van der Waals surface area contributed by atoms with Crippen LogP contribution in [0.3, 0.4) is 0 Å². The average molecular weight is 448 g/mol. The van der Waals surface area contributed by atoms with E-state index in [1.54, 1.807) is 24.3 Å². The lowest BCUT2D eigenvalue weighted by Crippen LogP contribution is -2.29. The van der Waals surface area contributed by atoms with Gasteiger partial charge in [-0.25, -0.2) is 12.7 Å². The predicted octanol–water partition coefficient (Wildman–Crippen LogP) is 2.90. The number of benzene rings is 2. The summed E-state index contributed by atoms with van der Waals surface area (Å²) in [7, 11) is -0.687. The van der Waals surface area contributed by atoms with E-state index >= 15 is 0 Å². The number of sulfonamides is 1. The normalized spacial score (nSPS) is 14.2. The number of anilines is 1. The van der Waals surface area contributed by atoms with Gasteiger partial charge < -0.3 is 10.2 Å². The quantitative estimate of drug-likeness (QED) is 0.660. The van der Waals surface area contributed by atoms with Crippen LogP contribution in [0.5, 0.6) is 0 Å². The van der Waals surface area contributed by atoms with Crippen molar-refractivity contribution in [3.8, 4) is 0 Å². The molecule has 1 N–H and O–H groups in total. The van der Waals surface area contributed by atoms with Gasteiger partial charge in [0.2, 0.25) is 15.9 Å². The third-order valence-corrected chi connectivity index (χ3v) is 7.68. The Morgan fingerprint density at radius 1 is 1.07 bits per heavy atom. The van der Waals surface area contributed by atoms with Gasteiger partial charge in [-0.05, 0) is 43.2 Å². The minimum Gasteiger partial charge on any atom is -0.342 e. The number of nitrogens with one attached hydrogen (secondary N) is 1. The molecule has 0 atom stereocenters. The van der Waals surface area contributed by atoms with Crippen LogP contribution in [0.1, 0.15) is 23.2 Å². The van der Waals surface area contributed by atoms with Crippen molar-refractivity contribution >= 4 is 39.3 Å². The smallest absolute Gasteiger partial charge is 0.256 e. The average Bonchev–Trinajstić information content (AvgIpc) is 3.27. The third kappa shape index (κ3) is 5.21. The molecule has 2 amide bonds. The molecule has 0 aromatic heterocycles. The highest BCUT2D eigenvalue weighted by Crippen LogP contribution is 2.25. The van der Waals surface area contributed by atoms with Gasteiger partial charge in [-0.3, -0.25) is 9.59 Å². The Hall–Kier alpha value is -2.36. The molecule has 7 nitrogen and oxygen atoms in total. The van der Waals surface area contributed by atoms with Crippen molar-refractivity contribution in [1.82, 2.24) is 9.21 Å². The molecule has 0 saturated carbocycles. The number of carbonyl (C=O) groups excluding carboxylic acids is 2. The second kappa shape index (κ2) is 9.63. The topological polar surface area (TPSA) is 86.8 Å². The Bertz CT molecular complexity index is 1030. The zero-order valence-electron chi connectivity index (χ0n) is 17.0. The summed E-state index contributed by atoms with van der Waals surface area (Å²) >= 11 is 1.34. The summed E-state index contributed by atoms with van der Waals surface area (Å²) < 4.78 is 25.8. The Morgan fingerprint density at radius 2 is 1.77 bits per heavy atom. The number of hydrogen-bond donors (Lipinski definition) is 1. The largest absolute Gasteiger partial charge is 0.342 e. The molecule has 1 fully saturated rings. The van der Waals surface area contributed by atoms with Gasteiger partial charge in [-0.15, -0.1) is 11.8 Å². The second-order valence-corrected chi connectivity index (χ2v) is 10.3. The fourth-order valence-electron chi connectivity index (χ4n) is 3.12. The monoisotopic (exact) mass is 447 g/mol. The van der Waals surface area contributed by atoms with Gasteiger partial charge in [0.15, 0.2) is 0 Å². The van der Waals surface area contributed by atoms with Crippen molar-refractivity contribution < 1.29 is 18.0 Å². The van der Waals surface area contributed by atoms with E-state index in [9.17, 15) is 18.0 Å². The maximum absolute atomic E-state index is 12.9. The van der Waals surface area contributed by atoms with Gasteiger partial charge >= 0.3 is 0 Å². The number of rotatable bonds is 7. The zero-order chi connectivity index (χ0) is 21.7. The lowest BCUT2D eigenvalue weighted by Gasteiger charge is -2.16. The number of thioether (sulfide) groups is 1. The molecule has 1 heterocycles. The van der Waals surface area contributed by atoms with E-state index in [1.807, 2.05) is 17.0 Å². The van der Waals surface area contributed by atoms with E-state index < -0.39 is 10.0 Å². The molecule has 1 saturated heterocycles. The molecule has 3 rings (SSSR count). The third-order valence-electron chi connectivity index (χ3n) is 4.81. The molecular weight excluding hydrogens is 422 g/mol. The lowest BCUT2D eigenvalue weighted by atomic mass is 10.2. The van der Waals surface area contributed by atoms with Crippen molar-refractivity contribution in [2.24, 2.45) is 0 Å². The van der Waals surface area contributed by atoms with Crippen LogP contribution in [-0.2, 0) is 14.8 Å². The number of likely N-dealkylation sites (tertiary alicyclic amines) is 1. The Balaban J connectivity index is 1.73. The van der Waals surface area contributed by atoms with E-state index in [2.05, 4.69) is 5.32 Å². The highest BCUT2D eigenvalue weighted by Gasteiger charge is 2.20. The van der Waals surface area contributed by atoms with Crippen LogP contribution in [0, 0.1) is 0 Å². The number of nitrogens with zero attached hydrogens (tertiary/aromatic N) is 2. The minimum absolute atomic E-state index is 0.0781. The first-order chi connectivity index (χ1) is 14.3. The van der Waals surface area contributed by atoms with E-state index in [0.717, 1.165) is 30.2 Å². The van der Waals surface area contributed by atoms with Crippen LogP contribution >= 0.6 is 11.8 Å². The van der Waals surface area contributed by atoms with Crippen molar-refractivity contribution in [3.05, 3.63) is 54.1 Å². The molecule has 30 heavy (non-hydrogen) atoms. The highest BCUT2D eigenvalue weighted by molar-refractivity contribution is 8.00. The van der Waals surface area contributed by atoms with E-state index in [1.165, 1.54) is 38.0 Å². The summed E-state index contributed by atoms with van der Waals surface area (Å²) in [6.07, 6.45) is 2.08. The molecule has 1 aliphatic rings. The molecule has 9 heteroatoms. The first kappa shape index (κ1) is 22.3. The van der Waals surface area contributed by atoms with Crippen LogP contribution in [-0.4, -0.2) is 62.4 Å². The molecule has 2 aromatic rings. The Morgan fingerprint density at radius 3 is 2.47 bits per heavy atom. The lowest BCUT2D eigenvalue weighted by molar-refractivity contribution is -0.127. The van der Waals surface area contributed by atoms with E-state index in [0.29, 0.717) is 16.1 Å². The number of amides is 2. The summed E-state index contributed by atoms with van der Waals surface area (Å²) in [5, 5.41) is 2.76. The molecule has 0 radical (unpaired) electrons. The molecule has 0 aliphatic carbocycles. The SMILES string of the molecule is CN(C)S(=O)(=O)c1cccc(NC(=O)c2ccccc2SCC(=O)N2CCCC2)c1. The van der Waals surface area contributed by atoms with Crippen molar-refractivity contribution in [2.75, 3.05) is 38.3 Å². The summed E-state index contributed by atoms with van der Waals surface area (Å²) in [4.78, 5) is 27.8. The highest BCUT2D eigenvalue weighted by atomic mass is 32.2. The predicted molar refractivity (Wildman–Crippen MR) is 118 cm³/mol. The van der Waals surface area contributed by atoms with Gasteiger partial charge in [0, 0.05) is 37.8 Å². The zero-order valence-corrected chi connectivity index (χ0v) is 18.6. The Kier molecular flexibility index (Phi) is 7.17. The number of carbonyl (C=O) groups is 2. The summed E-state index contributed by atoms with van der Waals surface area (Å²) in [5.41, 5.74) is 0.827. The molecule has 160 valence electrons. The van der Waals surface area contributed by atoms with Gasteiger partial charge in [0.1, 0.15) is 0 Å². The van der Waals surface area contributed by atoms with Crippen LogP contribution in [0.2, 0.25) is 0 Å². The summed E-state index contributed by atoms with van der Waals surface area (Å²) in [6.45, 7) is 1.60. The molecule has 0 spiro atoms. The second-order valence-electron chi connectivity index (χ2n) is 7.14. The fraction of sp³-hybridized carbons (Fsp3) is 0.333. The first-order valence-corrected chi connectivity index (χ1v) is 12.0. The summed E-state index contributed by atoms with van der Waals surface area (Å²) in [6, 6.07) is 13.2. The maximum Gasteiger partial charge on any atom is 0.256 e. The van der Waals surface area contributed by atoms with Gasteiger partial charge in [-0.1, -0.05) is 18.2 Å². The first-order valence-electron chi connectivity index (χ1n) is 9.62. The Labute approximate surface area is 181 Å². The molecule has 2 aromatic carbocycles. The van der Waals surface area contributed by atoms with Crippen LogP contribution < -0.4 is 5.32 Å². The molecular formula is C21H25N3O4S2. The summed E-state index contributed by atoms with van der Waals surface area (Å²) in [5.74, 6) is 0.00125. The standard InChI is InChI=1S/C21H25N3O4S2/c1-23(2)30(27,28)17-9-7-8-16(14-17)22-21(26)18-10-3-4-11-19(18)29-15-20(25)24-12-5-6-13-24/h3-4,7-11,14H,5-6,12-13,15H2,1-2H3,(H,22,26). The molecule has 0 bridgehead atoms. The van der Waals surface area contributed by atoms with Gasteiger partial charge in [-0.2, -0.15) is 0 Å². The van der Waals surface area contributed by atoms with Gasteiger partial charge in [0.25, 0.3) is 5.91 Å². The maximum atomic E-state index is 12.9. The minimum atomic E-state index is -3.60. The van der Waals surface area contributed by atoms with Crippen LogP contribution in [0.15, 0.2) is 58.3 Å². The molecule has 0 unspecified atom stereocenters. The fourth-order valence-corrected chi connectivity index (χ4v) is 5.02. The van der Waals surface area contributed by atoms with Crippen LogP contribution in [0.4, 0.5) is 5.69 Å². The van der Waals surface area contributed by atoms with Crippen molar-refractivity contribution in [3.63, 3.8) is 0 Å². The van der Waals surface area contributed by atoms with Crippen molar-refractivity contribution in [2.45, 2.75) is 22.6 Å². The number of hydrogen-bond acceptors (Lipinski definition) is 5. The van der Waals surface area contributed by atoms with Crippen LogP contribution in [0.25, 0.3) is 0 Å².